The second kappa shape index (κ2) is 13.2. The van der Waals surface area contributed by atoms with Gasteiger partial charge in [0.15, 0.2) is 0 Å². The first-order chi connectivity index (χ1) is 15.1. The van der Waals surface area contributed by atoms with Gasteiger partial charge in [0.2, 0.25) is 5.91 Å². The number of hydrogen-bond acceptors (Lipinski definition) is 3. The van der Waals surface area contributed by atoms with Crippen LogP contribution in [0.1, 0.15) is 47.7 Å². The molecule has 0 fully saturated rings. The van der Waals surface area contributed by atoms with E-state index in [0.29, 0.717) is 13.0 Å². The standard InChI is InChI=1S/C27H29NO3.Na/c1-2-3-19-28(26(29)18-11-21-7-5-4-6-8-21)20-22-9-12-23(13-10-22)24-14-16-25(17-15-24)27(30)31;/h4-10,12-17H,2-3,11,18-20H2,1H3,(H,30,31);/q;+1/p-1. The predicted molar refractivity (Wildman–Crippen MR) is 121 cm³/mol. The van der Waals surface area contributed by atoms with Crippen LogP contribution >= 0.6 is 0 Å². The van der Waals surface area contributed by atoms with Gasteiger partial charge in [0.1, 0.15) is 0 Å². The second-order valence-corrected chi connectivity index (χ2v) is 7.72. The Hall–Kier alpha value is -2.40. The van der Waals surface area contributed by atoms with Crippen molar-refractivity contribution >= 4 is 11.9 Å². The Kier molecular flexibility index (Phi) is 10.7. The van der Waals surface area contributed by atoms with Crippen molar-refractivity contribution in [1.82, 2.24) is 4.90 Å². The van der Waals surface area contributed by atoms with E-state index >= 15 is 0 Å². The molecule has 0 saturated carbocycles. The van der Waals surface area contributed by atoms with Crippen LogP contribution in [-0.4, -0.2) is 23.3 Å². The second-order valence-electron chi connectivity index (χ2n) is 7.72. The maximum Gasteiger partial charge on any atom is 1.00 e. The van der Waals surface area contributed by atoms with Gasteiger partial charge in [-0.3, -0.25) is 4.79 Å². The van der Waals surface area contributed by atoms with Crippen molar-refractivity contribution in [2.24, 2.45) is 0 Å². The first kappa shape index (κ1) is 25.9. The van der Waals surface area contributed by atoms with Gasteiger partial charge in [-0.15, -0.1) is 0 Å². The molecule has 0 spiro atoms. The van der Waals surface area contributed by atoms with Crippen LogP contribution in [0.25, 0.3) is 11.1 Å². The monoisotopic (exact) mass is 437 g/mol. The van der Waals surface area contributed by atoms with Crippen LogP contribution in [0.15, 0.2) is 78.9 Å². The van der Waals surface area contributed by atoms with Gasteiger partial charge >= 0.3 is 29.6 Å². The number of nitrogens with zero attached hydrogens (tertiary/aromatic N) is 1. The van der Waals surface area contributed by atoms with E-state index in [0.717, 1.165) is 42.5 Å². The summed E-state index contributed by atoms with van der Waals surface area (Å²) in [4.78, 5) is 25.7. The van der Waals surface area contributed by atoms with E-state index in [-0.39, 0.29) is 41.0 Å². The predicted octanol–water partition coefficient (Wildman–Crippen LogP) is 1.48. The molecule has 0 aliphatic rings. The summed E-state index contributed by atoms with van der Waals surface area (Å²) >= 11 is 0. The molecule has 0 heterocycles. The van der Waals surface area contributed by atoms with Crippen LogP contribution in [0.5, 0.6) is 0 Å². The molecule has 0 aliphatic heterocycles. The molecule has 3 aromatic rings. The van der Waals surface area contributed by atoms with E-state index in [1.165, 1.54) is 5.56 Å². The normalized spacial score (nSPS) is 10.3. The molecule has 0 N–H and O–H groups in total. The summed E-state index contributed by atoms with van der Waals surface area (Å²) in [6.45, 7) is 3.49. The number of carboxylic acid groups (broad SMARTS) is 1. The van der Waals surface area contributed by atoms with Crippen LogP contribution in [-0.2, 0) is 17.8 Å². The number of hydrogen-bond donors (Lipinski definition) is 0. The van der Waals surface area contributed by atoms with Gasteiger partial charge in [0.05, 0.1) is 5.97 Å². The number of benzene rings is 3. The molecule has 3 aromatic carbocycles. The molecule has 4 nitrogen and oxygen atoms in total. The molecule has 0 aromatic heterocycles. The molecule has 0 radical (unpaired) electrons. The topological polar surface area (TPSA) is 60.4 Å². The van der Waals surface area contributed by atoms with Crippen molar-refractivity contribution in [3.05, 3.63) is 95.6 Å². The van der Waals surface area contributed by atoms with Crippen molar-refractivity contribution in [3.8, 4) is 11.1 Å². The molecule has 5 heteroatoms. The first-order valence-corrected chi connectivity index (χ1v) is 10.8. The summed E-state index contributed by atoms with van der Waals surface area (Å²) in [6.07, 6.45) is 3.29. The minimum Gasteiger partial charge on any atom is -0.545 e. The Morgan fingerprint density at radius 3 is 1.97 bits per heavy atom. The number of aromatic carboxylic acids is 1. The quantitative estimate of drug-likeness (QED) is 0.452. The van der Waals surface area contributed by atoms with Crippen molar-refractivity contribution in [3.63, 3.8) is 0 Å². The summed E-state index contributed by atoms with van der Waals surface area (Å²) in [5.41, 5.74) is 4.38. The summed E-state index contributed by atoms with van der Waals surface area (Å²) in [7, 11) is 0. The third kappa shape index (κ3) is 7.63. The van der Waals surface area contributed by atoms with Crippen LogP contribution in [0.4, 0.5) is 0 Å². The summed E-state index contributed by atoms with van der Waals surface area (Å²) in [5, 5.41) is 10.9. The number of rotatable bonds is 10. The Bertz CT molecular complexity index is 986. The molecular formula is C27H28NNaO3. The molecular weight excluding hydrogens is 409 g/mol. The van der Waals surface area contributed by atoms with Gasteiger partial charge in [-0.25, -0.2) is 0 Å². The van der Waals surface area contributed by atoms with Crippen LogP contribution in [0, 0.1) is 0 Å². The van der Waals surface area contributed by atoms with Crippen LogP contribution in [0.3, 0.4) is 0 Å². The molecule has 0 saturated heterocycles. The van der Waals surface area contributed by atoms with E-state index < -0.39 is 5.97 Å². The Labute approximate surface area is 212 Å². The summed E-state index contributed by atoms with van der Waals surface area (Å²) in [6, 6.07) is 24.9. The number of carbonyl (C=O) groups is 2. The van der Waals surface area contributed by atoms with Gasteiger partial charge in [0, 0.05) is 19.5 Å². The zero-order valence-corrected chi connectivity index (χ0v) is 20.9. The maximum absolute atomic E-state index is 12.9. The summed E-state index contributed by atoms with van der Waals surface area (Å²) < 4.78 is 0. The van der Waals surface area contributed by atoms with Crippen LogP contribution < -0.4 is 34.7 Å². The molecule has 3 rings (SSSR count). The minimum atomic E-state index is -1.17. The number of unbranched alkanes of at least 4 members (excludes halogenated alkanes) is 1. The fraction of sp³-hybridized carbons (Fsp3) is 0.259. The fourth-order valence-electron chi connectivity index (χ4n) is 3.52. The molecule has 0 unspecified atom stereocenters. The van der Waals surface area contributed by atoms with E-state index in [1.54, 1.807) is 24.3 Å². The average molecular weight is 438 g/mol. The van der Waals surface area contributed by atoms with Gasteiger partial charge in [0.25, 0.3) is 0 Å². The van der Waals surface area contributed by atoms with Crippen molar-refractivity contribution < 1.29 is 44.3 Å². The summed E-state index contributed by atoms with van der Waals surface area (Å²) in [5.74, 6) is -0.995. The maximum atomic E-state index is 12.9. The number of carbonyl (C=O) groups excluding carboxylic acids is 2. The number of amides is 1. The van der Waals surface area contributed by atoms with E-state index in [1.807, 2.05) is 47.4 Å². The van der Waals surface area contributed by atoms with Crippen molar-refractivity contribution in [2.45, 2.75) is 39.2 Å². The Morgan fingerprint density at radius 1 is 0.812 bits per heavy atom. The van der Waals surface area contributed by atoms with Gasteiger partial charge < -0.3 is 14.8 Å². The zero-order chi connectivity index (χ0) is 22.1. The SMILES string of the molecule is CCCCN(Cc1ccc(-c2ccc(C(=O)[O-])cc2)cc1)C(=O)CCc1ccccc1.[Na+]. The van der Waals surface area contributed by atoms with E-state index in [4.69, 9.17) is 0 Å². The molecule has 160 valence electrons. The third-order valence-electron chi connectivity index (χ3n) is 5.39. The molecule has 32 heavy (non-hydrogen) atoms. The molecule has 0 bridgehead atoms. The molecule has 1 amide bonds. The van der Waals surface area contributed by atoms with Crippen molar-refractivity contribution in [1.29, 1.82) is 0 Å². The van der Waals surface area contributed by atoms with E-state index in [9.17, 15) is 14.7 Å². The number of aryl methyl sites for hydroxylation is 1. The third-order valence-corrected chi connectivity index (χ3v) is 5.39. The molecule has 0 atom stereocenters. The zero-order valence-electron chi connectivity index (χ0n) is 18.9. The van der Waals surface area contributed by atoms with Crippen LogP contribution in [0.2, 0.25) is 0 Å². The minimum absolute atomic E-state index is 0. The number of carboxylic acids is 1. The van der Waals surface area contributed by atoms with Crippen molar-refractivity contribution in [2.75, 3.05) is 6.54 Å². The van der Waals surface area contributed by atoms with Gasteiger partial charge in [-0.2, -0.15) is 0 Å². The van der Waals surface area contributed by atoms with Gasteiger partial charge in [-0.1, -0.05) is 92.2 Å². The molecule has 0 aliphatic carbocycles. The Morgan fingerprint density at radius 2 is 1.41 bits per heavy atom. The first-order valence-electron chi connectivity index (χ1n) is 10.8. The van der Waals surface area contributed by atoms with E-state index in [2.05, 4.69) is 19.1 Å². The smallest absolute Gasteiger partial charge is 0.545 e. The fourth-order valence-corrected chi connectivity index (χ4v) is 3.52. The largest absolute Gasteiger partial charge is 1.00 e. The Balaban J connectivity index is 0.00000363. The average Bonchev–Trinajstić information content (AvgIpc) is 2.81. The van der Waals surface area contributed by atoms with Gasteiger partial charge in [-0.05, 0) is 40.7 Å².